The van der Waals surface area contributed by atoms with Crippen LogP contribution in [0.3, 0.4) is 0 Å². The fraction of sp³-hybridized carbons (Fsp3) is 0.480. The quantitative estimate of drug-likeness (QED) is 0.587. The number of amides is 1. The maximum Gasteiger partial charge on any atom is 0.237 e. The predicted octanol–water partition coefficient (Wildman–Crippen LogP) is 2.03. The van der Waals surface area contributed by atoms with Crippen molar-refractivity contribution < 1.29 is 17.9 Å². The molecule has 8 heteroatoms. The summed E-state index contributed by atoms with van der Waals surface area (Å²) >= 11 is 0. The molecule has 0 radical (unpaired) electrons. The number of carbonyl (C=O) groups excluding carboxylic acids is 1. The van der Waals surface area contributed by atoms with Gasteiger partial charge in [0.2, 0.25) is 5.91 Å². The molecule has 4 rings (SSSR count). The summed E-state index contributed by atoms with van der Waals surface area (Å²) in [5, 5.41) is 0. The highest BCUT2D eigenvalue weighted by Crippen LogP contribution is 2.21. The standard InChI is InChI=1S/C25H33N3O4S/c1-32-24-9-7-22(8-10-24)17-26-12-14-27(15-13-26)19-25(29)28(18-21-5-3-2-4-6-21)23-11-16-33(30,31)20-23/h2-10,23H,11-20H2,1H3/t23-/m1/s1. The molecule has 2 aliphatic heterocycles. The molecule has 2 saturated heterocycles. The van der Waals surface area contributed by atoms with Crippen LogP contribution < -0.4 is 4.74 Å². The van der Waals surface area contributed by atoms with E-state index in [-0.39, 0.29) is 23.5 Å². The van der Waals surface area contributed by atoms with Crippen LogP contribution in [0.25, 0.3) is 0 Å². The largest absolute Gasteiger partial charge is 0.497 e. The Kier molecular flexibility index (Phi) is 7.67. The topological polar surface area (TPSA) is 70.2 Å². The third kappa shape index (κ3) is 6.56. The zero-order chi connectivity index (χ0) is 23.3. The minimum Gasteiger partial charge on any atom is -0.497 e. The zero-order valence-corrected chi connectivity index (χ0v) is 20.0. The summed E-state index contributed by atoms with van der Waals surface area (Å²) in [4.78, 5) is 19.7. The minimum absolute atomic E-state index is 0.0181. The Bertz CT molecular complexity index is 1020. The molecule has 2 fully saturated rings. The monoisotopic (exact) mass is 471 g/mol. The number of hydrogen-bond acceptors (Lipinski definition) is 6. The molecule has 0 spiro atoms. The molecule has 0 N–H and O–H groups in total. The van der Waals surface area contributed by atoms with Crippen LogP contribution in [0.5, 0.6) is 5.75 Å². The van der Waals surface area contributed by atoms with Crippen LogP contribution in [0.1, 0.15) is 17.5 Å². The van der Waals surface area contributed by atoms with Crippen LogP contribution in [0.4, 0.5) is 0 Å². The number of rotatable bonds is 8. The Morgan fingerprint density at radius 1 is 0.970 bits per heavy atom. The molecule has 1 amide bonds. The van der Waals surface area contributed by atoms with Crippen molar-refractivity contribution in [3.63, 3.8) is 0 Å². The molecule has 2 aromatic carbocycles. The van der Waals surface area contributed by atoms with Gasteiger partial charge in [-0.1, -0.05) is 42.5 Å². The highest BCUT2D eigenvalue weighted by Gasteiger charge is 2.35. The van der Waals surface area contributed by atoms with Crippen LogP contribution in [0, 0.1) is 0 Å². The molecule has 2 aliphatic rings. The SMILES string of the molecule is COc1ccc(CN2CCN(CC(=O)N(Cc3ccccc3)[C@@H]3CCS(=O)(=O)C3)CC2)cc1. The summed E-state index contributed by atoms with van der Waals surface area (Å²) in [6.45, 7) is 5.11. The summed E-state index contributed by atoms with van der Waals surface area (Å²) in [6, 6.07) is 17.7. The first-order chi connectivity index (χ1) is 15.9. The van der Waals surface area contributed by atoms with Crippen LogP contribution >= 0.6 is 0 Å². The van der Waals surface area contributed by atoms with E-state index in [1.807, 2.05) is 42.5 Å². The van der Waals surface area contributed by atoms with Crippen LogP contribution in [0.15, 0.2) is 54.6 Å². The number of hydrogen-bond donors (Lipinski definition) is 0. The highest BCUT2D eigenvalue weighted by atomic mass is 32.2. The van der Waals surface area contributed by atoms with Gasteiger partial charge in [0.25, 0.3) is 0 Å². The second kappa shape index (κ2) is 10.7. The third-order valence-electron chi connectivity index (χ3n) is 6.55. The van der Waals surface area contributed by atoms with E-state index in [0.29, 0.717) is 19.5 Å². The summed E-state index contributed by atoms with van der Waals surface area (Å²) < 4.78 is 29.4. The number of ether oxygens (including phenoxy) is 1. The van der Waals surface area contributed by atoms with Crippen molar-refractivity contribution in [2.75, 3.05) is 51.3 Å². The lowest BCUT2D eigenvalue weighted by Crippen LogP contribution is -2.51. The van der Waals surface area contributed by atoms with Crippen molar-refractivity contribution in [3.8, 4) is 5.75 Å². The summed E-state index contributed by atoms with van der Waals surface area (Å²) in [7, 11) is -1.39. The Morgan fingerprint density at radius 3 is 2.24 bits per heavy atom. The first kappa shape index (κ1) is 23.7. The van der Waals surface area contributed by atoms with Crippen molar-refractivity contribution in [2.24, 2.45) is 0 Å². The number of benzene rings is 2. The van der Waals surface area contributed by atoms with Gasteiger partial charge in [-0.25, -0.2) is 8.42 Å². The fourth-order valence-electron chi connectivity index (χ4n) is 4.60. The molecule has 1 atom stereocenters. The summed E-state index contributed by atoms with van der Waals surface area (Å²) in [5.41, 5.74) is 2.27. The van der Waals surface area contributed by atoms with Gasteiger partial charge in [-0.2, -0.15) is 0 Å². The van der Waals surface area contributed by atoms with Crippen molar-refractivity contribution in [1.82, 2.24) is 14.7 Å². The normalized spacial score (nSPS) is 21.1. The molecule has 33 heavy (non-hydrogen) atoms. The molecule has 0 aliphatic carbocycles. The fourth-order valence-corrected chi connectivity index (χ4v) is 6.33. The number of sulfone groups is 1. The Morgan fingerprint density at radius 2 is 1.64 bits per heavy atom. The van der Waals surface area contributed by atoms with E-state index >= 15 is 0 Å². The van der Waals surface area contributed by atoms with E-state index in [1.54, 1.807) is 12.0 Å². The molecule has 7 nitrogen and oxygen atoms in total. The van der Waals surface area contributed by atoms with Gasteiger partial charge < -0.3 is 9.64 Å². The first-order valence-electron chi connectivity index (χ1n) is 11.5. The second-order valence-electron chi connectivity index (χ2n) is 8.96. The maximum absolute atomic E-state index is 13.3. The van der Waals surface area contributed by atoms with E-state index in [1.165, 1.54) is 5.56 Å². The lowest BCUT2D eigenvalue weighted by atomic mass is 10.1. The smallest absolute Gasteiger partial charge is 0.237 e. The van der Waals surface area contributed by atoms with Crippen molar-refractivity contribution in [1.29, 1.82) is 0 Å². The molecular formula is C25H33N3O4S. The van der Waals surface area contributed by atoms with Crippen LogP contribution in [0.2, 0.25) is 0 Å². The molecular weight excluding hydrogens is 438 g/mol. The van der Waals surface area contributed by atoms with Crippen LogP contribution in [-0.2, 0) is 27.7 Å². The van der Waals surface area contributed by atoms with Crippen LogP contribution in [-0.4, -0.2) is 86.4 Å². The van der Waals surface area contributed by atoms with Gasteiger partial charge in [0.05, 0.1) is 25.2 Å². The van der Waals surface area contributed by atoms with Crippen molar-refractivity contribution in [3.05, 3.63) is 65.7 Å². The summed E-state index contributed by atoms with van der Waals surface area (Å²) in [6.07, 6.45) is 0.524. The van der Waals surface area contributed by atoms with Gasteiger partial charge in [-0.05, 0) is 29.7 Å². The van der Waals surface area contributed by atoms with Gasteiger partial charge in [0.15, 0.2) is 9.84 Å². The van der Waals surface area contributed by atoms with Gasteiger partial charge >= 0.3 is 0 Å². The van der Waals surface area contributed by atoms with Crippen molar-refractivity contribution >= 4 is 15.7 Å². The van der Waals surface area contributed by atoms with E-state index in [0.717, 1.165) is 44.0 Å². The zero-order valence-electron chi connectivity index (χ0n) is 19.2. The first-order valence-corrected chi connectivity index (χ1v) is 13.4. The lowest BCUT2D eigenvalue weighted by Gasteiger charge is -2.36. The number of piperazine rings is 1. The van der Waals surface area contributed by atoms with E-state index < -0.39 is 9.84 Å². The van der Waals surface area contributed by atoms with Gasteiger partial charge in [-0.3, -0.25) is 14.6 Å². The molecule has 2 aromatic rings. The predicted molar refractivity (Wildman–Crippen MR) is 129 cm³/mol. The number of methoxy groups -OCH3 is 1. The second-order valence-corrected chi connectivity index (χ2v) is 11.2. The van der Waals surface area contributed by atoms with E-state index in [4.69, 9.17) is 4.74 Å². The average molecular weight is 472 g/mol. The lowest BCUT2D eigenvalue weighted by molar-refractivity contribution is -0.135. The van der Waals surface area contributed by atoms with Gasteiger partial charge in [0.1, 0.15) is 5.75 Å². The molecule has 0 unspecified atom stereocenters. The Balaban J connectivity index is 1.33. The Labute approximate surface area is 196 Å². The average Bonchev–Trinajstić information content (AvgIpc) is 3.19. The van der Waals surface area contributed by atoms with Crippen molar-refractivity contribution in [2.45, 2.75) is 25.6 Å². The summed E-state index contributed by atoms with van der Waals surface area (Å²) in [5.74, 6) is 1.11. The molecule has 0 bridgehead atoms. The molecule has 178 valence electrons. The molecule has 2 heterocycles. The molecule has 0 saturated carbocycles. The minimum atomic E-state index is -3.06. The highest BCUT2D eigenvalue weighted by molar-refractivity contribution is 7.91. The maximum atomic E-state index is 13.3. The molecule has 0 aromatic heterocycles. The van der Waals surface area contributed by atoms with Gasteiger partial charge in [0, 0.05) is 45.3 Å². The number of nitrogens with zero attached hydrogens (tertiary/aromatic N) is 3. The van der Waals surface area contributed by atoms with E-state index in [9.17, 15) is 13.2 Å². The van der Waals surface area contributed by atoms with E-state index in [2.05, 4.69) is 21.9 Å². The third-order valence-corrected chi connectivity index (χ3v) is 8.30. The Hall–Kier alpha value is -2.42. The van der Waals surface area contributed by atoms with Gasteiger partial charge in [-0.15, -0.1) is 0 Å². The number of carbonyl (C=O) groups is 1.